The highest BCUT2D eigenvalue weighted by Gasteiger charge is 2.18. The molecule has 0 bridgehead atoms. The molecule has 0 radical (unpaired) electrons. The Morgan fingerprint density at radius 2 is 2.35 bits per heavy atom. The summed E-state index contributed by atoms with van der Waals surface area (Å²) in [5.74, 6) is 0. The average molecular weight is 307 g/mol. The second kappa shape index (κ2) is 6.85. The molecule has 1 aliphatic heterocycles. The van der Waals surface area contributed by atoms with Crippen LogP contribution in [0.2, 0.25) is 0 Å². The maximum atomic E-state index is 3.73. The van der Waals surface area contributed by atoms with E-state index in [0.29, 0.717) is 6.04 Å². The van der Waals surface area contributed by atoms with Gasteiger partial charge in [0.2, 0.25) is 0 Å². The molecule has 1 atom stereocenters. The summed E-state index contributed by atoms with van der Waals surface area (Å²) < 4.78 is 0. The van der Waals surface area contributed by atoms with Gasteiger partial charge in [0, 0.05) is 34.4 Å². The molecule has 2 nitrogen and oxygen atoms in total. The van der Waals surface area contributed by atoms with Gasteiger partial charge in [0.1, 0.15) is 0 Å². The molecule has 1 saturated heterocycles. The zero-order valence-corrected chi connectivity index (χ0v) is 13.6. The van der Waals surface area contributed by atoms with Crippen LogP contribution in [0.25, 0.3) is 10.4 Å². The van der Waals surface area contributed by atoms with E-state index in [9.17, 15) is 0 Å². The van der Waals surface area contributed by atoms with E-state index in [4.69, 9.17) is 0 Å². The van der Waals surface area contributed by atoms with Crippen molar-refractivity contribution in [2.24, 2.45) is 0 Å². The van der Waals surface area contributed by atoms with E-state index in [2.05, 4.69) is 46.1 Å². The number of rotatable bonds is 5. The van der Waals surface area contributed by atoms with Gasteiger partial charge in [0.05, 0.1) is 0 Å². The summed E-state index contributed by atoms with van der Waals surface area (Å²) in [7, 11) is 0. The van der Waals surface area contributed by atoms with Gasteiger partial charge in [-0.1, -0.05) is 13.0 Å². The van der Waals surface area contributed by atoms with Crippen LogP contribution < -0.4 is 5.32 Å². The highest BCUT2D eigenvalue weighted by atomic mass is 32.1. The normalized spacial score (nSPS) is 20.4. The van der Waals surface area contributed by atoms with Crippen LogP contribution in [0.15, 0.2) is 29.0 Å². The molecular weight excluding hydrogens is 284 g/mol. The summed E-state index contributed by atoms with van der Waals surface area (Å²) in [5, 5.41) is 8.16. The predicted molar refractivity (Wildman–Crippen MR) is 89.6 cm³/mol. The molecule has 108 valence electrons. The first kappa shape index (κ1) is 14.3. The number of nitrogens with one attached hydrogen (secondary N) is 1. The van der Waals surface area contributed by atoms with Crippen LogP contribution in [0.1, 0.15) is 24.6 Å². The fourth-order valence-electron chi connectivity index (χ4n) is 2.80. The van der Waals surface area contributed by atoms with Crippen LogP contribution in [-0.2, 0) is 6.54 Å². The summed E-state index contributed by atoms with van der Waals surface area (Å²) in [6.07, 6.45) is 2.65. The second-order valence-electron chi connectivity index (χ2n) is 5.39. The van der Waals surface area contributed by atoms with Gasteiger partial charge < -0.3 is 10.2 Å². The molecule has 1 fully saturated rings. The van der Waals surface area contributed by atoms with Gasteiger partial charge in [-0.15, -0.1) is 22.7 Å². The quantitative estimate of drug-likeness (QED) is 0.896. The van der Waals surface area contributed by atoms with Gasteiger partial charge in [-0.2, -0.15) is 0 Å². The number of thiophene rings is 2. The van der Waals surface area contributed by atoms with Crippen LogP contribution >= 0.6 is 22.7 Å². The number of likely N-dealkylation sites (tertiary alicyclic amines) is 1. The lowest BCUT2D eigenvalue weighted by Crippen LogP contribution is -2.45. The molecule has 20 heavy (non-hydrogen) atoms. The number of likely N-dealkylation sites (N-methyl/N-ethyl adjacent to an activating group) is 1. The minimum Gasteiger partial charge on any atom is -0.308 e. The maximum absolute atomic E-state index is 3.73. The Labute approximate surface area is 129 Å². The molecule has 0 saturated carbocycles. The molecule has 1 aliphatic rings. The molecule has 2 aromatic heterocycles. The highest BCUT2D eigenvalue weighted by Crippen LogP contribution is 2.29. The Morgan fingerprint density at radius 1 is 1.40 bits per heavy atom. The minimum absolute atomic E-state index is 0.663. The Balaban J connectivity index is 1.54. The fourth-order valence-corrected chi connectivity index (χ4v) is 4.42. The zero-order valence-electron chi connectivity index (χ0n) is 12.0. The van der Waals surface area contributed by atoms with Crippen molar-refractivity contribution in [1.82, 2.24) is 10.2 Å². The largest absolute Gasteiger partial charge is 0.308 e. The summed E-state index contributed by atoms with van der Waals surface area (Å²) in [6, 6.07) is 7.32. The third-order valence-corrected chi connectivity index (χ3v) is 5.83. The van der Waals surface area contributed by atoms with Crippen LogP contribution in [0.5, 0.6) is 0 Å². The van der Waals surface area contributed by atoms with Gasteiger partial charge >= 0.3 is 0 Å². The lowest BCUT2D eigenvalue weighted by molar-refractivity contribution is 0.198. The molecule has 0 amide bonds. The molecule has 3 heterocycles. The molecule has 2 aromatic rings. The Bertz CT molecular complexity index is 518. The van der Waals surface area contributed by atoms with Crippen LogP contribution in [0, 0.1) is 0 Å². The van der Waals surface area contributed by atoms with Crippen LogP contribution in [0.4, 0.5) is 0 Å². The van der Waals surface area contributed by atoms with E-state index in [1.165, 1.54) is 47.8 Å². The van der Waals surface area contributed by atoms with Crippen LogP contribution in [0.3, 0.4) is 0 Å². The summed E-state index contributed by atoms with van der Waals surface area (Å²) >= 11 is 3.69. The topological polar surface area (TPSA) is 15.3 Å². The van der Waals surface area contributed by atoms with E-state index in [0.717, 1.165) is 6.54 Å². The van der Waals surface area contributed by atoms with Crippen molar-refractivity contribution in [3.8, 4) is 10.4 Å². The smallest absolute Gasteiger partial charge is 0.0351 e. The summed E-state index contributed by atoms with van der Waals surface area (Å²) in [4.78, 5) is 5.37. The molecule has 0 aromatic carbocycles. The number of piperidine rings is 1. The second-order valence-corrected chi connectivity index (χ2v) is 7.34. The monoisotopic (exact) mass is 306 g/mol. The maximum Gasteiger partial charge on any atom is 0.0351 e. The molecule has 4 heteroatoms. The first-order valence-corrected chi connectivity index (χ1v) is 9.18. The van der Waals surface area contributed by atoms with E-state index >= 15 is 0 Å². The van der Waals surface area contributed by atoms with E-state index in [1.807, 2.05) is 22.7 Å². The Hall–Kier alpha value is -0.680. The summed E-state index contributed by atoms with van der Waals surface area (Å²) in [5.41, 5.74) is 1.38. The van der Waals surface area contributed by atoms with Crippen molar-refractivity contribution in [2.45, 2.75) is 32.4 Å². The standard InChI is InChI=1S/C16H22N2S2/c1-2-18-7-3-5-14(11-18)17-10-15-9-13(12-20-15)16-6-4-8-19-16/h4,6,8-9,12,14,17H,2-3,5,7,10-11H2,1H3. The number of hydrogen-bond donors (Lipinski definition) is 1. The van der Waals surface area contributed by atoms with Gasteiger partial charge in [0.15, 0.2) is 0 Å². The Morgan fingerprint density at radius 3 is 3.15 bits per heavy atom. The van der Waals surface area contributed by atoms with Crippen LogP contribution in [-0.4, -0.2) is 30.6 Å². The first-order chi connectivity index (χ1) is 9.85. The molecule has 1 N–H and O–H groups in total. The summed E-state index contributed by atoms with van der Waals surface area (Å²) in [6.45, 7) is 6.93. The van der Waals surface area contributed by atoms with Crippen molar-refractivity contribution in [2.75, 3.05) is 19.6 Å². The third kappa shape index (κ3) is 3.50. The first-order valence-electron chi connectivity index (χ1n) is 7.42. The van der Waals surface area contributed by atoms with Gasteiger partial charge in [-0.05, 0) is 48.8 Å². The third-order valence-electron chi connectivity index (χ3n) is 3.98. The molecule has 0 aliphatic carbocycles. The highest BCUT2D eigenvalue weighted by molar-refractivity contribution is 7.14. The van der Waals surface area contributed by atoms with E-state index < -0.39 is 0 Å². The minimum atomic E-state index is 0.663. The molecular formula is C16H22N2S2. The van der Waals surface area contributed by atoms with Crippen molar-refractivity contribution in [3.05, 3.63) is 33.8 Å². The predicted octanol–water partition coefficient (Wildman–Crippen LogP) is 4.05. The van der Waals surface area contributed by atoms with Crippen molar-refractivity contribution in [1.29, 1.82) is 0 Å². The lowest BCUT2D eigenvalue weighted by Gasteiger charge is -2.32. The van der Waals surface area contributed by atoms with Crippen molar-refractivity contribution in [3.63, 3.8) is 0 Å². The fraction of sp³-hybridized carbons (Fsp3) is 0.500. The molecule has 1 unspecified atom stereocenters. The Kier molecular flexibility index (Phi) is 4.89. The van der Waals surface area contributed by atoms with Crippen molar-refractivity contribution >= 4 is 22.7 Å². The van der Waals surface area contributed by atoms with Gasteiger partial charge in [-0.3, -0.25) is 0 Å². The SMILES string of the molecule is CCN1CCCC(NCc2cc(-c3cccs3)cs2)C1. The number of nitrogens with zero attached hydrogens (tertiary/aromatic N) is 1. The van der Waals surface area contributed by atoms with E-state index in [1.54, 1.807) is 0 Å². The van der Waals surface area contributed by atoms with E-state index in [-0.39, 0.29) is 0 Å². The molecule has 3 rings (SSSR count). The van der Waals surface area contributed by atoms with Gasteiger partial charge in [0.25, 0.3) is 0 Å². The zero-order chi connectivity index (χ0) is 13.8. The molecule has 0 spiro atoms. The van der Waals surface area contributed by atoms with Crippen molar-refractivity contribution < 1.29 is 0 Å². The lowest BCUT2D eigenvalue weighted by atomic mass is 10.1. The number of hydrogen-bond acceptors (Lipinski definition) is 4. The van der Waals surface area contributed by atoms with Gasteiger partial charge in [-0.25, -0.2) is 0 Å². The average Bonchev–Trinajstić information content (AvgIpc) is 3.16.